The molecule has 3 aromatic heterocycles. The van der Waals surface area contributed by atoms with Gasteiger partial charge in [0, 0.05) is 32.0 Å². The molecule has 5 rings (SSSR count). The SMILES string of the molecule is COCc1nc2c(o1)CCN(C(=O)c1cnc3c(c1)ncn3-c1ccccc1)C2. The number of ether oxygens (including phenoxy) is 1. The number of aromatic nitrogens is 4. The summed E-state index contributed by atoms with van der Waals surface area (Å²) < 4.78 is 12.7. The molecular weight excluding hydrogens is 370 g/mol. The topological polar surface area (TPSA) is 86.3 Å². The minimum Gasteiger partial charge on any atom is -0.443 e. The highest BCUT2D eigenvalue weighted by atomic mass is 16.5. The molecule has 0 saturated carbocycles. The molecule has 0 atom stereocenters. The van der Waals surface area contributed by atoms with Crippen LogP contribution in [0.1, 0.15) is 27.7 Å². The van der Waals surface area contributed by atoms with Gasteiger partial charge in [0.05, 0.1) is 12.1 Å². The number of amides is 1. The van der Waals surface area contributed by atoms with Gasteiger partial charge in [-0.2, -0.15) is 0 Å². The third-order valence-corrected chi connectivity index (χ3v) is 5.00. The number of hydrogen-bond acceptors (Lipinski definition) is 6. The third kappa shape index (κ3) is 3.17. The molecule has 0 unspecified atom stereocenters. The van der Waals surface area contributed by atoms with Gasteiger partial charge in [0.25, 0.3) is 5.91 Å². The van der Waals surface area contributed by atoms with Crippen molar-refractivity contribution in [2.24, 2.45) is 0 Å². The Hall–Kier alpha value is -3.52. The van der Waals surface area contributed by atoms with E-state index in [-0.39, 0.29) is 5.91 Å². The fraction of sp³-hybridized carbons (Fsp3) is 0.238. The van der Waals surface area contributed by atoms with Crippen LogP contribution < -0.4 is 0 Å². The number of methoxy groups -OCH3 is 1. The Labute approximate surface area is 166 Å². The number of carbonyl (C=O) groups excluding carboxylic acids is 1. The van der Waals surface area contributed by atoms with Crippen LogP contribution in [0.15, 0.2) is 53.3 Å². The molecule has 0 aliphatic carbocycles. The number of pyridine rings is 1. The van der Waals surface area contributed by atoms with E-state index in [9.17, 15) is 4.79 Å². The number of nitrogens with zero attached hydrogens (tertiary/aromatic N) is 5. The monoisotopic (exact) mass is 389 g/mol. The largest absolute Gasteiger partial charge is 0.443 e. The van der Waals surface area contributed by atoms with Crippen molar-refractivity contribution in [1.82, 2.24) is 24.4 Å². The predicted molar refractivity (Wildman–Crippen MR) is 105 cm³/mol. The number of rotatable bonds is 4. The van der Waals surface area contributed by atoms with Crippen molar-refractivity contribution in [3.63, 3.8) is 0 Å². The van der Waals surface area contributed by atoms with Gasteiger partial charge in [-0.3, -0.25) is 9.36 Å². The lowest BCUT2D eigenvalue weighted by Crippen LogP contribution is -2.35. The number of imidazole rings is 1. The smallest absolute Gasteiger partial charge is 0.255 e. The van der Waals surface area contributed by atoms with E-state index in [0.29, 0.717) is 43.1 Å². The molecule has 8 nitrogen and oxygen atoms in total. The molecule has 0 fully saturated rings. The maximum atomic E-state index is 13.0. The first-order chi connectivity index (χ1) is 14.2. The van der Waals surface area contributed by atoms with Crippen LogP contribution in [0.3, 0.4) is 0 Å². The Morgan fingerprint density at radius 2 is 2.10 bits per heavy atom. The molecule has 4 heterocycles. The van der Waals surface area contributed by atoms with Gasteiger partial charge in [-0.1, -0.05) is 18.2 Å². The van der Waals surface area contributed by atoms with Crippen LogP contribution in [0.5, 0.6) is 0 Å². The summed E-state index contributed by atoms with van der Waals surface area (Å²) >= 11 is 0. The van der Waals surface area contributed by atoms with Gasteiger partial charge in [0.2, 0.25) is 5.89 Å². The Morgan fingerprint density at radius 1 is 1.24 bits per heavy atom. The molecular formula is C21H19N5O3. The minimum absolute atomic E-state index is 0.0874. The fourth-order valence-electron chi connectivity index (χ4n) is 3.59. The summed E-state index contributed by atoms with van der Waals surface area (Å²) in [5.41, 5.74) is 3.68. The first-order valence-electron chi connectivity index (χ1n) is 9.37. The highest BCUT2D eigenvalue weighted by Gasteiger charge is 2.26. The second kappa shape index (κ2) is 7.14. The number of benzene rings is 1. The summed E-state index contributed by atoms with van der Waals surface area (Å²) in [4.78, 5) is 28.2. The van der Waals surface area contributed by atoms with Crippen LogP contribution in [0.2, 0.25) is 0 Å². The maximum absolute atomic E-state index is 13.0. The van der Waals surface area contributed by atoms with Crippen LogP contribution in [0.4, 0.5) is 0 Å². The summed E-state index contributed by atoms with van der Waals surface area (Å²) in [5, 5.41) is 0. The molecule has 29 heavy (non-hydrogen) atoms. The normalized spacial score (nSPS) is 13.6. The average molecular weight is 389 g/mol. The van der Waals surface area contributed by atoms with Crippen molar-refractivity contribution in [2.45, 2.75) is 19.6 Å². The molecule has 1 amide bonds. The van der Waals surface area contributed by atoms with Crippen molar-refractivity contribution in [1.29, 1.82) is 0 Å². The van der Waals surface area contributed by atoms with E-state index >= 15 is 0 Å². The molecule has 0 spiro atoms. The van der Waals surface area contributed by atoms with Crippen LogP contribution in [0.25, 0.3) is 16.9 Å². The van der Waals surface area contributed by atoms with Gasteiger partial charge >= 0.3 is 0 Å². The van der Waals surface area contributed by atoms with Gasteiger partial charge in [-0.25, -0.2) is 15.0 Å². The summed E-state index contributed by atoms with van der Waals surface area (Å²) in [6, 6.07) is 11.7. The van der Waals surface area contributed by atoms with Gasteiger partial charge in [-0.15, -0.1) is 0 Å². The first kappa shape index (κ1) is 17.6. The lowest BCUT2D eigenvalue weighted by molar-refractivity contribution is 0.0727. The Morgan fingerprint density at radius 3 is 2.93 bits per heavy atom. The standard InChI is InChI=1S/C21H19N5O3/c1-28-12-19-24-17-11-25(8-7-18(17)29-19)21(27)14-9-16-20(22-10-14)26(13-23-16)15-5-3-2-4-6-15/h2-6,9-10,13H,7-8,11-12H2,1H3. The Bertz CT molecular complexity index is 1180. The van der Waals surface area contributed by atoms with E-state index in [1.54, 1.807) is 30.6 Å². The second-order valence-electron chi connectivity index (χ2n) is 6.90. The van der Waals surface area contributed by atoms with E-state index in [2.05, 4.69) is 15.0 Å². The van der Waals surface area contributed by atoms with Crippen LogP contribution >= 0.6 is 0 Å². The van der Waals surface area contributed by atoms with Crippen LogP contribution in [0, 0.1) is 0 Å². The third-order valence-electron chi connectivity index (χ3n) is 5.00. The van der Waals surface area contributed by atoms with Crippen molar-refractivity contribution in [3.05, 3.63) is 71.8 Å². The van der Waals surface area contributed by atoms with Crippen LogP contribution in [-0.2, 0) is 24.3 Å². The second-order valence-corrected chi connectivity index (χ2v) is 6.90. The summed E-state index contributed by atoms with van der Waals surface area (Å²) in [6.45, 7) is 1.31. The average Bonchev–Trinajstić information content (AvgIpc) is 3.36. The highest BCUT2D eigenvalue weighted by molar-refractivity contribution is 5.96. The zero-order valence-corrected chi connectivity index (χ0v) is 15.9. The molecule has 1 aliphatic heterocycles. The minimum atomic E-state index is -0.0874. The summed E-state index contributed by atoms with van der Waals surface area (Å²) in [7, 11) is 1.60. The van der Waals surface area contributed by atoms with Gasteiger partial charge < -0.3 is 14.1 Å². The Kier molecular flexibility index (Phi) is 4.33. The molecule has 0 saturated heterocycles. The molecule has 1 aliphatic rings. The number of para-hydroxylation sites is 1. The zero-order chi connectivity index (χ0) is 19.8. The Balaban J connectivity index is 1.40. The molecule has 146 valence electrons. The highest BCUT2D eigenvalue weighted by Crippen LogP contribution is 2.23. The number of carbonyl (C=O) groups is 1. The van der Waals surface area contributed by atoms with Crippen molar-refractivity contribution in [2.75, 3.05) is 13.7 Å². The molecule has 4 aromatic rings. The summed E-state index contributed by atoms with van der Waals surface area (Å²) in [5.74, 6) is 1.29. The summed E-state index contributed by atoms with van der Waals surface area (Å²) in [6.07, 6.45) is 3.97. The lowest BCUT2D eigenvalue weighted by Gasteiger charge is -2.25. The molecule has 0 N–H and O–H groups in total. The van der Waals surface area contributed by atoms with Crippen molar-refractivity contribution in [3.8, 4) is 5.69 Å². The van der Waals surface area contributed by atoms with Crippen molar-refractivity contribution < 1.29 is 13.9 Å². The number of fused-ring (bicyclic) bond motifs is 2. The number of oxazole rings is 1. The lowest BCUT2D eigenvalue weighted by atomic mass is 10.1. The van der Waals surface area contributed by atoms with Crippen molar-refractivity contribution >= 4 is 17.1 Å². The molecule has 0 bridgehead atoms. The first-order valence-corrected chi connectivity index (χ1v) is 9.37. The number of hydrogen-bond donors (Lipinski definition) is 0. The van der Waals surface area contributed by atoms with E-state index in [4.69, 9.17) is 9.15 Å². The van der Waals surface area contributed by atoms with E-state index in [1.165, 1.54) is 0 Å². The predicted octanol–water partition coefficient (Wildman–Crippen LogP) is 2.75. The fourth-order valence-corrected chi connectivity index (χ4v) is 3.59. The van der Waals surface area contributed by atoms with Gasteiger partial charge in [0.15, 0.2) is 5.65 Å². The van der Waals surface area contributed by atoms with E-state index in [0.717, 1.165) is 22.8 Å². The molecule has 8 heteroatoms. The maximum Gasteiger partial charge on any atom is 0.255 e. The van der Waals surface area contributed by atoms with E-state index in [1.807, 2.05) is 34.9 Å². The van der Waals surface area contributed by atoms with Gasteiger partial charge in [0.1, 0.15) is 29.9 Å². The quantitative estimate of drug-likeness (QED) is 0.533. The van der Waals surface area contributed by atoms with Gasteiger partial charge in [-0.05, 0) is 18.2 Å². The molecule has 0 radical (unpaired) electrons. The van der Waals surface area contributed by atoms with E-state index < -0.39 is 0 Å². The zero-order valence-electron chi connectivity index (χ0n) is 15.9. The van der Waals surface area contributed by atoms with Crippen LogP contribution in [-0.4, -0.2) is 44.0 Å². The molecule has 1 aromatic carbocycles.